The van der Waals surface area contributed by atoms with Crippen LogP contribution in [-0.4, -0.2) is 21.0 Å². The lowest BCUT2D eigenvalue weighted by Crippen LogP contribution is -2.28. The highest BCUT2D eigenvalue weighted by Gasteiger charge is 2.09. The summed E-state index contributed by atoms with van der Waals surface area (Å²) >= 11 is 0. The van der Waals surface area contributed by atoms with E-state index in [4.69, 9.17) is 5.11 Å². The number of rotatable bonds is 6. The average molecular weight is 274 g/mol. The van der Waals surface area contributed by atoms with Crippen molar-refractivity contribution < 1.29 is 9.90 Å². The third-order valence-corrected chi connectivity index (χ3v) is 2.84. The Morgan fingerprint density at radius 2 is 2.10 bits per heavy atom. The molecule has 1 aromatic carbocycles. The molecule has 0 radical (unpaired) electrons. The van der Waals surface area contributed by atoms with E-state index in [1.165, 1.54) is 0 Å². The molecule has 0 saturated carbocycles. The fourth-order valence-corrected chi connectivity index (χ4v) is 1.88. The Morgan fingerprint density at radius 3 is 2.75 bits per heavy atom. The van der Waals surface area contributed by atoms with Gasteiger partial charge in [-0.25, -0.2) is 14.9 Å². The topological polar surface area (TPSA) is 79.2 Å². The minimum atomic E-state index is -1.14. The summed E-state index contributed by atoms with van der Waals surface area (Å²) in [6.45, 7) is 2.12. The summed E-state index contributed by atoms with van der Waals surface area (Å²) in [4.78, 5) is 10.6. The molecule has 0 fully saturated rings. The van der Waals surface area contributed by atoms with Crippen molar-refractivity contribution in [1.82, 2.24) is 15.2 Å². The summed E-state index contributed by atoms with van der Waals surface area (Å²) in [5.74, 6) is 0.602. The number of para-hydroxylation sites is 1. The number of hydrogen-bond donors (Lipinski definition) is 3. The zero-order valence-electron chi connectivity index (χ0n) is 11.3. The van der Waals surface area contributed by atoms with Crippen molar-refractivity contribution in [1.29, 1.82) is 0 Å². The first kappa shape index (κ1) is 13.9. The van der Waals surface area contributed by atoms with Crippen molar-refractivity contribution in [3.05, 3.63) is 42.1 Å². The predicted octanol–water partition coefficient (Wildman–Crippen LogP) is 2.81. The summed E-state index contributed by atoms with van der Waals surface area (Å²) < 4.78 is 1.70. The predicted molar refractivity (Wildman–Crippen MR) is 77.0 cm³/mol. The van der Waals surface area contributed by atoms with Gasteiger partial charge in [-0.2, -0.15) is 5.10 Å². The van der Waals surface area contributed by atoms with Gasteiger partial charge in [0.1, 0.15) is 5.82 Å². The summed E-state index contributed by atoms with van der Waals surface area (Å²) in [5.41, 5.74) is 6.62. The Bertz CT molecular complexity index is 566. The van der Waals surface area contributed by atoms with Gasteiger partial charge in [-0.3, -0.25) is 5.43 Å². The van der Waals surface area contributed by atoms with Crippen molar-refractivity contribution in [2.75, 3.05) is 5.43 Å². The van der Waals surface area contributed by atoms with E-state index in [0.717, 1.165) is 30.6 Å². The van der Waals surface area contributed by atoms with Gasteiger partial charge < -0.3 is 5.11 Å². The van der Waals surface area contributed by atoms with Crippen LogP contribution in [-0.2, 0) is 6.42 Å². The number of unbranched alkanes of at least 4 members (excludes halogenated alkanes) is 1. The van der Waals surface area contributed by atoms with Gasteiger partial charge in [0.2, 0.25) is 0 Å². The van der Waals surface area contributed by atoms with Crippen LogP contribution in [0.1, 0.15) is 25.5 Å². The quantitative estimate of drug-likeness (QED) is 0.708. The molecule has 1 heterocycles. The van der Waals surface area contributed by atoms with Gasteiger partial charge in [-0.15, -0.1) is 0 Å². The number of nitrogens with zero attached hydrogens (tertiary/aromatic N) is 2. The molecule has 6 heteroatoms. The van der Waals surface area contributed by atoms with Crippen LogP contribution in [0.5, 0.6) is 0 Å². The molecule has 0 saturated heterocycles. The summed E-state index contributed by atoms with van der Waals surface area (Å²) in [5, 5.41) is 13.2. The molecule has 6 nitrogen and oxygen atoms in total. The van der Waals surface area contributed by atoms with Crippen LogP contribution in [0.15, 0.2) is 36.4 Å². The molecule has 3 N–H and O–H groups in total. The van der Waals surface area contributed by atoms with Crippen molar-refractivity contribution in [2.24, 2.45) is 0 Å². The second-order valence-electron chi connectivity index (χ2n) is 4.43. The molecule has 0 spiro atoms. The minimum absolute atomic E-state index is 0.602. The van der Waals surface area contributed by atoms with Gasteiger partial charge in [-0.05, 0) is 25.0 Å². The molecule has 0 atom stereocenters. The number of anilines is 1. The Labute approximate surface area is 117 Å². The third-order valence-electron chi connectivity index (χ3n) is 2.84. The van der Waals surface area contributed by atoms with Crippen LogP contribution in [0, 0.1) is 0 Å². The Kier molecular flexibility index (Phi) is 4.60. The highest BCUT2D eigenvalue weighted by Crippen LogP contribution is 2.17. The van der Waals surface area contributed by atoms with Crippen LogP contribution in [0.2, 0.25) is 0 Å². The standard InChI is InChI=1S/C14H18N4O2/c1-2-3-7-11-10-13(15-16-14(19)20)18(17-11)12-8-5-4-6-9-12/h4-6,8-10,15-16H,2-3,7H2,1H3,(H,19,20). The van der Waals surface area contributed by atoms with Gasteiger partial charge in [0.05, 0.1) is 11.4 Å². The maximum Gasteiger partial charge on any atom is 0.423 e. The van der Waals surface area contributed by atoms with Crippen molar-refractivity contribution in [2.45, 2.75) is 26.2 Å². The molecule has 0 aliphatic carbocycles. The molecule has 2 aromatic rings. The SMILES string of the molecule is CCCCc1cc(NNC(=O)O)n(-c2ccccc2)n1. The lowest BCUT2D eigenvalue weighted by Gasteiger charge is -2.08. The van der Waals surface area contributed by atoms with Crippen molar-refractivity contribution in [3.63, 3.8) is 0 Å². The fourth-order valence-electron chi connectivity index (χ4n) is 1.88. The summed E-state index contributed by atoms with van der Waals surface area (Å²) in [7, 11) is 0. The second kappa shape index (κ2) is 6.60. The molecular formula is C14H18N4O2. The van der Waals surface area contributed by atoms with E-state index in [-0.39, 0.29) is 0 Å². The molecule has 0 bridgehead atoms. The van der Waals surface area contributed by atoms with Crippen molar-refractivity contribution in [3.8, 4) is 5.69 Å². The van der Waals surface area contributed by atoms with Gasteiger partial charge in [0.25, 0.3) is 0 Å². The maximum absolute atomic E-state index is 10.6. The molecule has 1 amide bonds. The Balaban J connectivity index is 2.27. The molecular weight excluding hydrogens is 256 g/mol. The van der Waals surface area contributed by atoms with Gasteiger partial charge in [0, 0.05) is 6.07 Å². The highest BCUT2D eigenvalue weighted by molar-refractivity contribution is 5.66. The van der Waals surface area contributed by atoms with Crippen LogP contribution in [0.3, 0.4) is 0 Å². The summed E-state index contributed by atoms with van der Waals surface area (Å²) in [6, 6.07) is 11.4. The summed E-state index contributed by atoms with van der Waals surface area (Å²) in [6.07, 6.45) is 1.88. The van der Waals surface area contributed by atoms with Crippen LogP contribution in [0.25, 0.3) is 5.69 Å². The van der Waals surface area contributed by atoms with Gasteiger partial charge >= 0.3 is 6.09 Å². The number of hydrogen-bond acceptors (Lipinski definition) is 3. The average Bonchev–Trinajstić information content (AvgIpc) is 2.87. The number of hydrazine groups is 1. The number of carbonyl (C=O) groups is 1. The fraction of sp³-hybridized carbons (Fsp3) is 0.286. The molecule has 0 aliphatic heterocycles. The van der Waals surface area contributed by atoms with E-state index < -0.39 is 6.09 Å². The largest absolute Gasteiger partial charge is 0.464 e. The smallest absolute Gasteiger partial charge is 0.423 e. The van der Waals surface area contributed by atoms with E-state index in [9.17, 15) is 4.79 Å². The molecule has 106 valence electrons. The zero-order chi connectivity index (χ0) is 14.4. The number of aryl methyl sites for hydroxylation is 1. The highest BCUT2D eigenvalue weighted by atomic mass is 16.4. The Morgan fingerprint density at radius 1 is 1.35 bits per heavy atom. The van der Waals surface area contributed by atoms with E-state index in [2.05, 4.69) is 22.9 Å². The number of benzene rings is 1. The normalized spacial score (nSPS) is 10.2. The molecule has 20 heavy (non-hydrogen) atoms. The first-order chi connectivity index (χ1) is 9.70. The number of aromatic nitrogens is 2. The van der Waals surface area contributed by atoms with E-state index in [1.807, 2.05) is 36.4 Å². The number of amides is 1. The van der Waals surface area contributed by atoms with E-state index in [0.29, 0.717) is 5.82 Å². The maximum atomic E-state index is 10.6. The molecule has 0 unspecified atom stereocenters. The minimum Gasteiger partial charge on any atom is -0.464 e. The molecule has 0 aliphatic rings. The molecule has 2 rings (SSSR count). The second-order valence-corrected chi connectivity index (χ2v) is 4.43. The lowest BCUT2D eigenvalue weighted by atomic mass is 10.2. The van der Waals surface area contributed by atoms with Crippen LogP contribution in [0.4, 0.5) is 10.6 Å². The van der Waals surface area contributed by atoms with E-state index in [1.54, 1.807) is 4.68 Å². The Hall–Kier alpha value is -2.50. The number of nitrogens with one attached hydrogen (secondary N) is 2. The van der Waals surface area contributed by atoms with Crippen molar-refractivity contribution >= 4 is 11.9 Å². The number of carboxylic acid groups (broad SMARTS) is 1. The van der Waals surface area contributed by atoms with Gasteiger partial charge in [-0.1, -0.05) is 31.5 Å². The van der Waals surface area contributed by atoms with Crippen LogP contribution < -0.4 is 10.9 Å². The monoisotopic (exact) mass is 274 g/mol. The first-order valence-corrected chi connectivity index (χ1v) is 6.60. The zero-order valence-corrected chi connectivity index (χ0v) is 11.3. The van der Waals surface area contributed by atoms with Crippen LogP contribution >= 0.6 is 0 Å². The molecule has 1 aromatic heterocycles. The van der Waals surface area contributed by atoms with E-state index >= 15 is 0 Å². The first-order valence-electron chi connectivity index (χ1n) is 6.60. The third kappa shape index (κ3) is 3.50. The lowest BCUT2D eigenvalue weighted by molar-refractivity contribution is 0.197. The van der Waals surface area contributed by atoms with Gasteiger partial charge in [0.15, 0.2) is 0 Å².